The summed E-state index contributed by atoms with van der Waals surface area (Å²) in [4.78, 5) is 11.2. The van der Waals surface area contributed by atoms with Crippen LogP contribution in [0.25, 0.3) is 0 Å². The van der Waals surface area contributed by atoms with Gasteiger partial charge in [-0.05, 0) is 25.3 Å². The molecular weight excluding hydrogens is 256 g/mol. The van der Waals surface area contributed by atoms with Crippen LogP contribution in [0.3, 0.4) is 0 Å². The molecule has 1 fully saturated rings. The van der Waals surface area contributed by atoms with Crippen LogP contribution in [0.1, 0.15) is 26.2 Å². The first-order valence-corrected chi connectivity index (χ1v) is 7.83. The SMILES string of the molecule is CCN(C1CCCC1CN)S(=O)(=O)CC(=O)OC. The van der Waals surface area contributed by atoms with E-state index in [9.17, 15) is 13.2 Å². The Bertz CT molecular complexity index is 383. The third-order valence-corrected chi connectivity index (χ3v) is 5.33. The van der Waals surface area contributed by atoms with Crippen molar-refractivity contribution in [3.8, 4) is 0 Å². The smallest absolute Gasteiger partial charge is 0.322 e. The summed E-state index contributed by atoms with van der Waals surface area (Å²) in [6, 6.07) is -0.0744. The third kappa shape index (κ3) is 3.43. The molecule has 1 aliphatic rings. The van der Waals surface area contributed by atoms with Crippen molar-refractivity contribution in [2.45, 2.75) is 32.2 Å². The van der Waals surface area contributed by atoms with Crippen molar-refractivity contribution in [2.24, 2.45) is 11.7 Å². The molecule has 2 unspecified atom stereocenters. The molecular formula is C11H22N2O4S. The molecule has 0 aliphatic heterocycles. The predicted octanol–water partition coefficient (Wildman–Crippen LogP) is -0.0615. The molecule has 7 heteroatoms. The zero-order valence-electron chi connectivity index (χ0n) is 11.0. The summed E-state index contributed by atoms with van der Waals surface area (Å²) in [5, 5.41) is 0. The average Bonchev–Trinajstić information content (AvgIpc) is 2.76. The summed E-state index contributed by atoms with van der Waals surface area (Å²) in [5.74, 6) is -1.13. The van der Waals surface area contributed by atoms with Crippen LogP contribution in [0.5, 0.6) is 0 Å². The van der Waals surface area contributed by atoms with Crippen LogP contribution in [-0.4, -0.2) is 50.7 Å². The number of carbonyl (C=O) groups excluding carboxylic acids is 1. The Morgan fingerprint density at radius 1 is 1.44 bits per heavy atom. The van der Waals surface area contributed by atoms with Crippen molar-refractivity contribution in [2.75, 3.05) is 26.0 Å². The highest BCUT2D eigenvalue weighted by Gasteiger charge is 2.37. The quantitative estimate of drug-likeness (QED) is 0.687. The zero-order chi connectivity index (χ0) is 13.8. The van der Waals surface area contributed by atoms with Crippen molar-refractivity contribution in [1.82, 2.24) is 4.31 Å². The summed E-state index contributed by atoms with van der Waals surface area (Å²) >= 11 is 0. The van der Waals surface area contributed by atoms with E-state index in [4.69, 9.17) is 5.73 Å². The van der Waals surface area contributed by atoms with Gasteiger partial charge in [0, 0.05) is 12.6 Å². The summed E-state index contributed by atoms with van der Waals surface area (Å²) in [6.07, 6.45) is 2.75. The number of rotatable bonds is 6. The van der Waals surface area contributed by atoms with E-state index in [0.29, 0.717) is 13.1 Å². The molecule has 0 radical (unpaired) electrons. The van der Waals surface area contributed by atoms with E-state index < -0.39 is 21.7 Å². The minimum atomic E-state index is -3.61. The maximum atomic E-state index is 12.2. The summed E-state index contributed by atoms with van der Waals surface area (Å²) in [5.41, 5.74) is 5.67. The lowest BCUT2D eigenvalue weighted by Gasteiger charge is -2.30. The molecule has 2 atom stereocenters. The van der Waals surface area contributed by atoms with Gasteiger partial charge in [0.05, 0.1) is 7.11 Å². The molecule has 0 amide bonds. The standard InChI is InChI=1S/C11H22N2O4S/c1-3-13(10-6-4-5-9(10)7-12)18(15,16)8-11(14)17-2/h9-10H,3-8,12H2,1-2H3. The van der Waals surface area contributed by atoms with E-state index in [1.54, 1.807) is 6.92 Å². The molecule has 1 saturated carbocycles. The van der Waals surface area contributed by atoms with E-state index >= 15 is 0 Å². The number of hydrogen-bond donors (Lipinski definition) is 1. The lowest BCUT2D eigenvalue weighted by Crippen LogP contribution is -2.46. The number of carbonyl (C=O) groups is 1. The Hall–Kier alpha value is -0.660. The molecule has 0 bridgehead atoms. The van der Waals surface area contributed by atoms with Gasteiger partial charge in [-0.1, -0.05) is 13.3 Å². The topological polar surface area (TPSA) is 89.7 Å². The molecule has 0 aromatic heterocycles. The van der Waals surface area contributed by atoms with Gasteiger partial charge in [-0.15, -0.1) is 0 Å². The molecule has 0 aromatic rings. The Kier molecular flexibility index (Phi) is 5.55. The minimum absolute atomic E-state index is 0.0744. The average molecular weight is 278 g/mol. The van der Waals surface area contributed by atoms with Gasteiger partial charge in [0.15, 0.2) is 5.75 Å². The van der Waals surface area contributed by atoms with E-state index in [-0.39, 0.29) is 12.0 Å². The Morgan fingerprint density at radius 2 is 2.11 bits per heavy atom. The summed E-state index contributed by atoms with van der Waals surface area (Å²) < 4.78 is 30.2. The number of ether oxygens (including phenoxy) is 1. The van der Waals surface area contributed by atoms with Gasteiger partial charge in [-0.2, -0.15) is 4.31 Å². The first kappa shape index (κ1) is 15.4. The van der Waals surface area contributed by atoms with E-state index in [1.165, 1.54) is 11.4 Å². The highest BCUT2D eigenvalue weighted by molar-refractivity contribution is 7.89. The Balaban J connectivity index is 2.85. The lowest BCUT2D eigenvalue weighted by atomic mass is 10.0. The van der Waals surface area contributed by atoms with Gasteiger partial charge in [0.2, 0.25) is 10.0 Å². The van der Waals surface area contributed by atoms with Gasteiger partial charge in [0.1, 0.15) is 0 Å². The highest BCUT2D eigenvalue weighted by Crippen LogP contribution is 2.30. The molecule has 1 aliphatic carbocycles. The third-order valence-electron chi connectivity index (χ3n) is 3.49. The van der Waals surface area contributed by atoms with Crippen molar-refractivity contribution in [3.05, 3.63) is 0 Å². The fourth-order valence-corrected chi connectivity index (χ4v) is 4.26. The van der Waals surface area contributed by atoms with Crippen molar-refractivity contribution >= 4 is 16.0 Å². The number of esters is 1. The largest absolute Gasteiger partial charge is 0.468 e. The van der Waals surface area contributed by atoms with Crippen LogP contribution in [-0.2, 0) is 19.6 Å². The van der Waals surface area contributed by atoms with E-state index in [0.717, 1.165) is 19.3 Å². The normalized spacial score (nSPS) is 24.4. The number of hydrogen-bond acceptors (Lipinski definition) is 5. The Labute approximate surface area is 109 Å². The van der Waals surface area contributed by atoms with Crippen LogP contribution >= 0.6 is 0 Å². The first-order chi connectivity index (χ1) is 8.46. The lowest BCUT2D eigenvalue weighted by molar-refractivity contribution is -0.137. The van der Waals surface area contributed by atoms with Gasteiger partial charge in [-0.25, -0.2) is 8.42 Å². The van der Waals surface area contributed by atoms with Gasteiger partial charge in [-0.3, -0.25) is 4.79 Å². The van der Waals surface area contributed by atoms with Crippen LogP contribution in [0.15, 0.2) is 0 Å². The fourth-order valence-electron chi connectivity index (χ4n) is 2.60. The molecule has 0 spiro atoms. The van der Waals surface area contributed by atoms with Gasteiger partial charge >= 0.3 is 5.97 Å². The number of nitrogens with two attached hydrogens (primary N) is 1. The van der Waals surface area contributed by atoms with Crippen LogP contribution in [0.2, 0.25) is 0 Å². The molecule has 0 heterocycles. The molecule has 6 nitrogen and oxygen atoms in total. The minimum Gasteiger partial charge on any atom is -0.468 e. The number of nitrogens with zero attached hydrogens (tertiary/aromatic N) is 1. The van der Waals surface area contributed by atoms with Crippen LogP contribution in [0.4, 0.5) is 0 Å². The maximum absolute atomic E-state index is 12.2. The van der Waals surface area contributed by atoms with E-state index in [1.807, 2.05) is 0 Å². The predicted molar refractivity (Wildman–Crippen MR) is 68.4 cm³/mol. The number of methoxy groups -OCH3 is 1. The first-order valence-electron chi connectivity index (χ1n) is 6.22. The summed E-state index contributed by atoms with van der Waals surface area (Å²) in [6.45, 7) is 2.62. The van der Waals surface area contributed by atoms with Crippen molar-refractivity contribution in [3.63, 3.8) is 0 Å². The van der Waals surface area contributed by atoms with Crippen molar-refractivity contribution in [1.29, 1.82) is 0 Å². The monoisotopic (exact) mass is 278 g/mol. The fraction of sp³-hybridized carbons (Fsp3) is 0.909. The molecule has 18 heavy (non-hydrogen) atoms. The van der Waals surface area contributed by atoms with Crippen LogP contribution in [0, 0.1) is 5.92 Å². The molecule has 0 aromatic carbocycles. The van der Waals surface area contributed by atoms with Crippen LogP contribution < -0.4 is 5.73 Å². The molecule has 1 rings (SSSR count). The van der Waals surface area contributed by atoms with Crippen molar-refractivity contribution < 1.29 is 17.9 Å². The molecule has 2 N–H and O–H groups in total. The maximum Gasteiger partial charge on any atom is 0.322 e. The molecule has 106 valence electrons. The van der Waals surface area contributed by atoms with Gasteiger partial charge < -0.3 is 10.5 Å². The number of sulfonamides is 1. The highest BCUT2D eigenvalue weighted by atomic mass is 32.2. The second kappa shape index (κ2) is 6.49. The van der Waals surface area contributed by atoms with E-state index in [2.05, 4.69) is 4.74 Å². The second-order valence-electron chi connectivity index (χ2n) is 4.53. The zero-order valence-corrected chi connectivity index (χ0v) is 11.8. The summed E-state index contributed by atoms with van der Waals surface area (Å²) in [7, 11) is -2.42. The second-order valence-corrected chi connectivity index (χ2v) is 6.45. The Morgan fingerprint density at radius 3 is 2.61 bits per heavy atom. The van der Waals surface area contributed by atoms with Gasteiger partial charge in [0.25, 0.3) is 0 Å². The molecule has 0 saturated heterocycles.